The highest BCUT2D eigenvalue weighted by molar-refractivity contribution is 5.99. The summed E-state index contributed by atoms with van der Waals surface area (Å²) in [6.45, 7) is 10.6. The molecule has 1 N–H and O–H groups in total. The highest BCUT2D eigenvalue weighted by Crippen LogP contribution is 2.34. The zero-order valence-corrected chi connectivity index (χ0v) is 13.4. The fourth-order valence-electron chi connectivity index (χ4n) is 3.67. The number of hydrogen-bond donors (Lipinski definition) is 1. The van der Waals surface area contributed by atoms with E-state index in [4.69, 9.17) is 0 Å². The Kier molecular flexibility index (Phi) is 4.12. The molecule has 1 aliphatic heterocycles. The SMILES string of the molecule is CC(C)C1C(=O)NC(C)(C)C(=O)N1CC1CCCC1C. The number of carbonyl (C=O) groups excluding carboxylic acids is 2. The van der Waals surface area contributed by atoms with Gasteiger partial charge in [0.1, 0.15) is 11.6 Å². The van der Waals surface area contributed by atoms with Gasteiger partial charge >= 0.3 is 0 Å². The number of rotatable bonds is 3. The Bertz CT molecular complexity index is 403. The first-order valence-electron chi connectivity index (χ1n) is 7.87. The molecule has 0 aromatic heterocycles. The molecule has 1 heterocycles. The van der Waals surface area contributed by atoms with Crippen LogP contribution in [-0.2, 0) is 9.59 Å². The molecule has 1 saturated carbocycles. The molecule has 20 heavy (non-hydrogen) atoms. The maximum absolute atomic E-state index is 12.7. The van der Waals surface area contributed by atoms with Gasteiger partial charge in [-0.2, -0.15) is 0 Å². The lowest BCUT2D eigenvalue weighted by atomic mass is 9.89. The summed E-state index contributed by atoms with van der Waals surface area (Å²) in [6.07, 6.45) is 3.67. The maximum Gasteiger partial charge on any atom is 0.248 e. The zero-order valence-electron chi connectivity index (χ0n) is 13.4. The number of hydrogen-bond acceptors (Lipinski definition) is 2. The van der Waals surface area contributed by atoms with Crippen molar-refractivity contribution in [2.75, 3.05) is 6.54 Å². The van der Waals surface area contributed by atoms with Gasteiger partial charge in [-0.15, -0.1) is 0 Å². The van der Waals surface area contributed by atoms with Crippen LogP contribution in [0.2, 0.25) is 0 Å². The predicted octanol–water partition coefficient (Wildman–Crippen LogP) is 2.18. The molecule has 0 aromatic carbocycles. The smallest absolute Gasteiger partial charge is 0.248 e. The minimum Gasteiger partial charge on any atom is -0.340 e. The Hall–Kier alpha value is -1.06. The topological polar surface area (TPSA) is 49.4 Å². The van der Waals surface area contributed by atoms with E-state index in [1.165, 1.54) is 19.3 Å². The molecule has 4 nitrogen and oxygen atoms in total. The molecule has 0 radical (unpaired) electrons. The van der Waals surface area contributed by atoms with Crippen molar-refractivity contribution in [3.63, 3.8) is 0 Å². The van der Waals surface area contributed by atoms with E-state index in [1.807, 2.05) is 18.7 Å². The Morgan fingerprint density at radius 1 is 1.30 bits per heavy atom. The molecule has 4 heteroatoms. The van der Waals surface area contributed by atoms with E-state index in [0.717, 1.165) is 6.54 Å². The molecule has 114 valence electrons. The van der Waals surface area contributed by atoms with Gasteiger partial charge in [-0.05, 0) is 38.0 Å². The fraction of sp³-hybridized carbons (Fsp3) is 0.875. The third-order valence-electron chi connectivity index (χ3n) is 4.94. The second-order valence-electron chi connectivity index (χ2n) is 7.43. The molecular formula is C16H28N2O2. The quantitative estimate of drug-likeness (QED) is 0.861. The number of nitrogens with one attached hydrogen (secondary N) is 1. The van der Waals surface area contributed by atoms with Gasteiger partial charge in [0.05, 0.1) is 0 Å². The van der Waals surface area contributed by atoms with Gasteiger partial charge in [-0.1, -0.05) is 33.6 Å². The molecule has 1 aliphatic carbocycles. The average Bonchev–Trinajstić information content (AvgIpc) is 2.70. The summed E-state index contributed by atoms with van der Waals surface area (Å²) in [4.78, 5) is 26.9. The third kappa shape index (κ3) is 2.70. The van der Waals surface area contributed by atoms with E-state index in [1.54, 1.807) is 13.8 Å². The van der Waals surface area contributed by atoms with Crippen LogP contribution in [0, 0.1) is 17.8 Å². The lowest BCUT2D eigenvalue weighted by Gasteiger charge is -2.45. The summed E-state index contributed by atoms with van der Waals surface area (Å²) in [5, 5.41) is 2.87. The second kappa shape index (κ2) is 5.38. The van der Waals surface area contributed by atoms with Crippen molar-refractivity contribution in [2.45, 2.75) is 65.5 Å². The molecule has 3 atom stereocenters. The van der Waals surface area contributed by atoms with Crippen LogP contribution in [0.3, 0.4) is 0 Å². The highest BCUT2D eigenvalue weighted by atomic mass is 16.2. The van der Waals surface area contributed by atoms with Crippen LogP contribution in [0.5, 0.6) is 0 Å². The number of carbonyl (C=O) groups is 2. The molecular weight excluding hydrogens is 252 g/mol. The second-order valence-corrected chi connectivity index (χ2v) is 7.43. The van der Waals surface area contributed by atoms with Crippen molar-refractivity contribution in [1.29, 1.82) is 0 Å². The van der Waals surface area contributed by atoms with E-state index in [0.29, 0.717) is 11.8 Å². The van der Waals surface area contributed by atoms with Crippen LogP contribution in [0.15, 0.2) is 0 Å². The number of nitrogens with zero attached hydrogens (tertiary/aromatic N) is 1. The van der Waals surface area contributed by atoms with Gasteiger partial charge in [0.2, 0.25) is 11.8 Å². The number of piperazine rings is 1. The Morgan fingerprint density at radius 2 is 1.95 bits per heavy atom. The fourth-order valence-corrected chi connectivity index (χ4v) is 3.67. The van der Waals surface area contributed by atoms with Crippen LogP contribution in [0.1, 0.15) is 53.9 Å². The minimum atomic E-state index is -0.773. The lowest BCUT2D eigenvalue weighted by molar-refractivity contribution is -0.156. The summed E-state index contributed by atoms with van der Waals surface area (Å²) in [6, 6.07) is -0.316. The molecule has 1 saturated heterocycles. The van der Waals surface area contributed by atoms with E-state index in [-0.39, 0.29) is 23.8 Å². The molecule has 0 spiro atoms. The zero-order chi connectivity index (χ0) is 15.1. The molecule has 2 fully saturated rings. The van der Waals surface area contributed by atoms with Crippen LogP contribution in [-0.4, -0.2) is 34.8 Å². The summed E-state index contributed by atoms with van der Waals surface area (Å²) in [7, 11) is 0. The third-order valence-corrected chi connectivity index (χ3v) is 4.94. The Balaban J connectivity index is 2.23. The van der Waals surface area contributed by atoms with Crippen LogP contribution in [0.4, 0.5) is 0 Å². The number of amides is 2. The van der Waals surface area contributed by atoms with Gasteiger partial charge in [0.25, 0.3) is 0 Å². The van der Waals surface area contributed by atoms with Crippen molar-refractivity contribution in [2.24, 2.45) is 17.8 Å². The molecule has 2 amide bonds. The monoisotopic (exact) mass is 280 g/mol. The van der Waals surface area contributed by atoms with Crippen molar-refractivity contribution in [3.05, 3.63) is 0 Å². The van der Waals surface area contributed by atoms with E-state index in [9.17, 15) is 9.59 Å². The van der Waals surface area contributed by atoms with Gasteiger partial charge in [0.15, 0.2) is 0 Å². The first kappa shape index (κ1) is 15.3. The van der Waals surface area contributed by atoms with Crippen LogP contribution in [0.25, 0.3) is 0 Å². The summed E-state index contributed by atoms with van der Waals surface area (Å²) in [5.41, 5.74) is -0.773. The Morgan fingerprint density at radius 3 is 2.45 bits per heavy atom. The van der Waals surface area contributed by atoms with E-state index >= 15 is 0 Å². The van der Waals surface area contributed by atoms with Gasteiger partial charge in [0, 0.05) is 6.54 Å². The normalized spacial score (nSPS) is 33.7. The van der Waals surface area contributed by atoms with Gasteiger partial charge in [-0.25, -0.2) is 0 Å². The lowest BCUT2D eigenvalue weighted by Crippen LogP contribution is -2.69. The Labute approximate surface area is 122 Å². The summed E-state index contributed by atoms with van der Waals surface area (Å²) >= 11 is 0. The average molecular weight is 280 g/mol. The van der Waals surface area contributed by atoms with Crippen molar-refractivity contribution in [3.8, 4) is 0 Å². The van der Waals surface area contributed by atoms with Crippen molar-refractivity contribution < 1.29 is 9.59 Å². The maximum atomic E-state index is 12.7. The minimum absolute atomic E-state index is 0.00440. The van der Waals surface area contributed by atoms with Crippen molar-refractivity contribution >= 4 is 11.8 Å². The van der Waals surface area contributed by atoms with Gasteiger partial charge in [-0.3, -0.25) is 9.59 Å². The summed E-state index contributed by atoms with van der Waals surface area (Å²) < 4.78 is 0. The van der Waals surface area contributed by atoms with E-state index in [2.05, 4.69) is 12.2 Å². The van der Waals surface area contributed by atoms with Gasteiger partial charge < -0.3 is 10.2 Å². The standard InChI is InChI=1S/C16H28N2O2/c1-10(2)13-14(19)17-16(4,5)15(20)18(13)9-12-8-6-7-11(12)3/h10-13H,6-9H2,1-5H3,(H,17,19). The largest absolute Gasteiger partial charge is 0.340 e. The van der Waals surface area contributed by atoms with Crippen LogP contribution < -0.4 is 5.32 Å². The molecule has 3 unspecified atom stereocenters. The van der Waals surface area contributed by atoms with Crippen molar-refractivity contribution in [1.82, 2.24) is 10.2 Å². The molecule has 0 aromatic rings. The molecule has 0 bridgehead atoms. The highest BCUT2D eigenvalue weighted by Gasteiger charge is 2.47. The summed E-state index contributed by atoms with van der Waals surface area (Å²) in [5.74, 6) is 1.41. The first-order valence-corrected chi connectivity index (χ1v) is 7.87. The molecule has 2 rings (SSSR count). The predicted molar refractivity (Wildman–Crippen MR) is 79.1 cm³/mol. The van der Waals surface area contributed by atoms with E-state index < -0.39 is 5.54 Å². The van der Waals surface area contributed by atoms with Crippen LogP contribution >= 0.6 is 0 Å². The first-order chi connectivity index (χ1) is 9.24. The molecule has 2 aliphatic rings.